The number of methoxy groups -OCH3 is 1. The number of nitrogens with one attached hydrogen (secondary N) is 1. The Labute approximate surface area is 281 Å². The van der Waals surface area contributed by atoms with Gasteiger partial charge in [-0.2, -0.15) is 5.10 Å². The van der Waals surface area contributed by atoms with Gasteiger partial charge in [-0.05, 0) is 40.2 Å². The highest BCUT2D eigenvalue weighted by Gasteiger charge is 2.41. The summed E-state index contributed by atoms with van der Waals surface area (Å²) < 4.78 is 56.2. The fraction of sp³-hybridized carbons (Fsp3) is 0.353. The summed E-state index contributed by atoms with van der Waals surface area (Å²) >= 11 is 0. The Morgan fingerprint density at radius 1 is 1.02 bits per heavy atom. The van der Waals surface area contributed by atoms with Crippen LogP contribution < -0.4 is 10.5 Å². The van der Waals surface area contributed by atoms with Crippen molar-refractivity contribution in [3.63, 3.8) is 0 Å². The fourth-order valence-corrected chi connectivity index (χ4v) is 12.2. The molecule has 5 rings (SSSR count). The Hall–Kier alpha value is -4.29. The lowest BCUT2D eigenvalue weighted by atomic mass is 9.95. The number of fused-ring (bicyclic) bond motifs is 2. The quantitative estimate of drug-likeness (QED) is 0.0759. The van der Waals surface area contributed by atoms with Crippen molar-refractivity contribution >= 4 is 46.2 Å². The highest BCUT2D eigenvalue weighted by molar-refractivity contribution is 7.84. The second-order valence-electron chi connectivity index (χ2n) is 12.4. The molecule has 0 saturated carbocycles. The zero-order chi connectivity index (χ0) is 34.2. The van der Waals surface area contributed by atoms with Crippen LogP contribution in [0.2, 0.25) is 16.6 Å². The molecule has 0 aliphatic carbocycles. The number of H-pyrrole nitrogens is 1. The second-order valence-corrected chi connectivity index (χ2v) is 19.2. The molecule has 5 aromatic rings. The van der Waals surface area contributed by atoms with Gasteiger partial charge < -0.3 is 20.7 Å². The van der Waals surface area contributed by atoms with Gasteiger partial charge in [-0.3, -0.25) is 9.31 Å². The van der Waals surface area contributed by atoms with Crippen LogP contribution >= 0.6 is 0 Å². The summed E-state index contributed by atoms with van der Waals surface area (Å²) in [5.74, 6) is 2.25. The van der Waals surface area contributed by atoms with Crippen LogP contribution in [0.5, 0.6) is 5.75 Å². The van der Waals surface area contributed by atoms with Gasteiger partial charge >= 0.3 is 0 Å². The first-order valence-electron chi connectivity index (χ1n) is 15.2. The summed E-state index contributed by atoms with van der Waals surface area (Å²) in [7, 11) is -2.41. The van der Waals surface area contributed by atoms with E-state index in [9.17, 15) is 4.21 Å². The predicted molar refractivity (Wildman–Crippen MR) is 189 cm³/mol. The third kappa shape index (κ3) is 6.43. The molecule has 3 aromatic heterocycles. The van der Waals surface area contributed by atoms with Gasteiger partial charge in [0.2, 0.25) is 5.16 Å². The van der Waals surface area contributed by atoms with Gasteiger partial charge in [0.05, 0.1) is 28.2 Å². The van der Waals surface area contributed by atoms with Crippen LogP contribution in [-0.4, -0.2) is 63.1 Å². The van der Waals surface area contributed by atoms with Crippen molar-refractivity contribution in [2.45, 2.75) is 63.3 Å². The Balaban J connectivity index is 0.00000520. The Kier molecular flexibility index (Phi) is 11.0. The van der Waals surface area contributed by atoms with E-state index in [0.717, 1.165) is 0 Å². The zero-order valence-corrected chi connectivity index (χ0v) is 30.0. The topological polar surface area (TPSA) is 160 Å². The first-order valence-corrected chi connectivity index (χ1v) is 19.0. The maximum atomic E-state index is 16.9. The van der Waals surface area contributed by atoms with E-state index in [-0.39, 0.29) is 56.5 Å². The van der Waals surface area contributed by atoms with E-state index in [1.165, 1.54) is 31.8 Å². The molecule has 5 N–H and O–H groups in total. The molecule has 14 heteroatoms. The maximum Gasteiger partial charge on any atom is 0.218 e. The number of nitrogens with zero attached hydrogens (tertiary/aromatic N) is 4. The van der Waals surface area contributed by atoms with E-state index < -0.39 is 30.5 Å². The molecule has 254 valence electrons. The van der Waals surface area contributed by atoms with Crippen molar-refractivity contribution in [1.82, 2.24) is 25.1 Å². The average Bonchev–Trinajstić information content (AvgIpc) is 3.45. The van der Waals surface area contributed by atoms with E-state index in [1.807, 2.05) is 0 Å². The van der Waals surface area contributed by atoms with Crippen LogP contribution in [-0.2, 0) is 15.5 Å². The Morgan fingerprint density at radius 2 is 1.71 bits per heavy atom. The number of nitrogen functional groups attached to an aromatic ring is 1. The molecule has 1 atom stereocenters. The second kappa shape index (κ2) is 14.4. The van der Waals surface area contributed by atoms with Gasteiger partial charge in [-0.25, -0.2) is 23.7 Å². The number of halogens is 2. The molecule has 0 aliphatic rings. The van der Waals surface area contributed by atoms with E-state index in [1.54, 1.807) is 18.2 Å². The largest absolute Gasteiger partial charge is 0.468 e. The molecule has 48 heavy (non-hydrogen) atoms. The molecule has 0 saturated heterocycles. The predicted octanol–water partition coefficient (Wildman–Crippen LogP) is 6.56. The number of anilines is 1. The van der Waals surface area contributed by atoms with E-state index in [4.69, 9.17) is 20.2 Å². The lowest BCUT2D eigenvalue weighted by Crippen LogP contribution is -2.43. The molecule has 0 spiro atoms. The number of ether oxygens (including phenoxy) is 2. The Morgan fingerprint density at radius 3 is 2.29 bits per heavy atom. The van der Waals surface area contributed by atoms with Gasteiger partial charge in [0, 0.05) is 35.9 Å². The summed E-state index contributed by atoms with van der Waals surface area (Å²) in [6.45, 7) is 13.0. The van der Waals surface area contributed by atoms with Crippen molar-refractivity contribution in [3.05, 3.63) is 53.9 Å². The van der Waals surface area contributed by atoms with Crippen molar-refractivity contribution in [3.8, 4) is 39.9 Å². The number of nitrogens with two attached hydrogens (primary N) is 1. The minimum absolute atomic E-state index is 0. The highest BCUT2D eigenvalue weighted by atomic mass is 32.2. The van der Waals surface area contributed by atoms with E-state index in [0.29, 0.717) is 38.8 Å². The first kappa shape index (κ1) is 36.5. The molecule has 2 aromatic carbocycles. The number of rotatable bonds is 9. The molecule has 3 heterocycles. The van der Waals surface area contributed by atoms with Gasteiger partial charge in [0.25, 0.3) is 0 Å². The normalized spacial score (nSPS) is 12.4. The average molecular weight is 695 g/mol. The van der Waals surface area contributed by atoms with Crippen LogP contribution in [0.25, 0.3) is 44.3 Å². The smallest absolute Gasteiger partial charge is 0.218 e. The number of benzene rings is 2. The number of pyridine rings is 1. The molecule has 0 radical (unpaired) electrons. The van der Waals surface area contributed by atoms with Gasteiger partial charge in [-0.15, -0.1) is 5.54 Å². The molecule has 0 aliphatic heterocycles. The molecule has 10 nitrogen and oxygen atoms in total. The standard InChI is InChI=1S/C34H38F2N6O3SSi.H2O/c1-18(2)47(19(3)4,20(5)6)12-11-23-26(35)10-9-21-13-22(45-17-44-7)14-24(28(21)23)30-29(36)31-25(15-38-34(41-31)46(8)43)32(40-30)33-27(37)16-39-42-33;/h9-10,13-16,18-20H,17,37H2,1-8H3,(H,39,42);1H2. The maximum absolute atomic E-state index is 16.9. The van der Waals surface area contributed by atoms with Crippen LogP contribution in [0.1, 0.15) is 47.1 Å². The molecular weight excluding hydrogens is 655 g/mol. The third-order valence-corrected chi connectivity index (χ3v) is 15.7. The molecular formula is C34H40F2N6O4SSi. The van der Waals surface area contributed by atoms with Crippen molar-refractivity contribution < 1.29 is 27.9 Å². The highest BCUT2D eigenvalue weighted by Crippen LogP contribution is 2.43. The fourth-order valence-electron chi connectivity index (χ4n) is 6.57. The van der Waals surface area contributed by atoms with Crippen molar-refractivity contribution in [1.29, 1.82) is 0 Å². The summed E-state index contributed by atoms with van der Waals surface area (Å²) in [5, 5.41) is 7.93. The molecule has 0 bridgehead atoms. The van der Waals surface area contributed by atoms with Gasteiger partial charge in [-0.1, -0.05) is 53.5 Å². The third-order valence-electron chi connectivity index (χ3n) is 8.73. The van der Waals surface area contributed by atoms with E-state index >= 15 is 8.78 Å². The molecule has 0 amide bonds. The number of hydrogen-bond acceptors (Lipinski definition) is 8. The first-order chi connectivity index (χ1) is 22.3. The van der Waals surface area contributed by atoms with Crippen LogP contribution in [0, 0.1) is 23.1 Å². The van der Waals surface area contributed by atoms with Crippen LogP contribution in [0.15, 0.2) is 41.8 Å². The lowest BCUT2D eigenvalue weighted by molar-refractivity contribution is 0.0512. The number of hydrogen-bond donors (Lipinski definition) is 2. The van der Waals surface area contributed by atoms with Crippen molar-refractivity contribution in [2.75, 3.05) is 25.9 Å². The minimum Gasteiger partial charge on any atom is -0.468 e. The van der Waals surface area contributed by atoms with E-state index in [2.05, 4.69) is 73.2 Å². The van der Waals surface area contributed by atoms with Crippen molar-refractivity contribution in [2.24, 2.45) is 0 Å². The minimum atomic E-state index is -2.29. The van der Waals surface area contributed by atoms with Gasteiger partial charge in [0.15, 0.2) is 12.6 Å². The monoisotopic (exact) mass is 694 g/mol. The zero-order valence-electron chi connectivity index (χ0n) is 28.2. The Bertz CT molecular complexity index is 2050. The molecule has 0 fully saturated rings. The summed E-state index contributed by atoms with van der Waals surface area (Å²) in [6.07, 6.45) is 4.17. The summed E-state index contributed by atoms with van der Waals surface area (Å²) in [4.78, 5) is 13.3. The summed E-state index contributed by atoms with van der Waals surface area (Å²) in [6, 6.07) is 6.27. The number of aromatic amines is 1. The van der Waals surface area contributed by atoms with Crippen LogP contribution in [0.4, 0.5) is 14.5 Å². The SMILES string of the molecule is COCOc1cc(-c2nc(-c3[nH]ncc3N)c3cnc(S(C)=O)nc3c2F)c2c(C#C[Si](C(C)C)(C(C)C)C(C)C)c(F)ccc2c1.O. The number of aromatic nitrogens is 5. The lowest BCUT2D eigenvalue weighted by Gasteiger charge is -2.38. The molecule has 1 unspecified atom stereocenters. The summed E-state index contributed by atoms with van der Waals surface area (Å²) in [5.41, 5.74) is 11.6. The van der Waals surface area contributed by atoms with Crippen LogP contribution in [0.3, 0.4) is 0 Å². The van der Waals surface area contributed by atoms with Gasteiger partial charge in [0.1, 0.15) is 42.2 Å².